The first-order valence-corrected chi connectivity index (χ1v) is 16.6. The standard InChI is InChI=1S/C29H23F3N6O3.C6H6O3S/c1-18-24(26(39)41-2)25(23-10-9-19(17-33)15-20(23)11-14-36-12-4-3-5-13-36)38-27(34-35-28(38)40)37(18)22-8-6-7-21(16-22)29(30,31)32;7-10(8,9)6-4-2-1-3-5-6/h3-10,12-13,15-16,25H,11,14H2,1-2H3;1-5H,(H,7,8,9)/t25-;/m1./s1. The minimum atomic E-state index is -4.61. The van der Waals surface area contributed by atoms with Crippen LogP contribution in [0.4, 0.5) is 24.8 Å². The number of nitriles is 1. The molecule has 0 unspecified atom stereocenters. The van der Waals surface area contributed by atoms with Gasteiger partial charge >= 0.3 is 17.8 Å². The number of nitrogens with zero attached hydrogens (tertiary/aromatic N) is 5. The van der Waals surface area contributed by atoms with Crippen LogP contribution in [0.5, 0.6) is 0 Å². The summed E-state index contributed by atoms with van der Waals surface area (Å²) in [5.41, 5.74) is 0.395. The zero-order chi connectivity index (χ0) is 36.9. The number of rotatable bonds is 7. The molecule has 3 aromatic carbocycles. The van der Waals surface area contributed by atoms with E-state index < -0.39 is 39.6 Å². The number of aromatic nitrogens is 4. The van der Waals surface area contributed by atoms with Gasteiger partial charge in [0.25, 0.3) is 0 Å². The number of fused-ring (bicyclic) bond motifs is 1. The number of allylic oxidation sites excluding steroid dienone is 1. The molecule has 0 aliphatic carbocycles. The molecule has 0 amide bonds. The molecular weight excluding hydrogens is 689 g/mol. The Balaban J connectivity index is 0.000000435. The zero-order valence-corrected chi connectivity index (χ0v) is 27.9. The molecule has 6 rings (SSSR count). The maximum atomic E-state index is 13.6. The number of alkyl halides is 3. The van der Waals surface area contributed by atoms with Crippen molar-refractivity contribution >= 4 is 27.7 Å². The Labute approximate surface area is 290 Å². The van der Waals surface area contributed by atoms with Crippen molar-refractivity contribution in [2.24, 2.45) is 0 Å². The highest BCUT2D eigenvalue weighted by molar-refractivity contribution is 7.85. The second kappa shape index (κ2) is 14.8. The zero-order valence-electron chi connectivity index (χ0n) is 27.0. The van der Waals surface area contributed by atoms with Crippen molar-refractivity contribution in [3.05, 3.63) is 147 Å². The Morgan fingerprint density at radius 1 is 1.04 bits per heavy atom. The number of nitrogens with one attached hydrogen (secondary N) is 1. The number of carbonyl (C=O) groups is 1. The first kappa shape index (κ1) is 36.2. The summed E-state index contributed by atoms with van der Waals surface area (Å²) in [4.78, 5) is 27.7. The van der Waals surface area contributed by atoms with E-state index in [4.69, 9.17) is 4.74 Å². The largest absolute Gasteiger partial charge is 0.744 e. The molecule has 12 nitrogen and oxygen atoms in total. The van der Waals surface area contributed by atoms with Crippen LogP contribution in [0.15, 0.2) is 124 Å². The van der Waals surface area contributed by atoms with Crippen molar-refractivity contribution in [2.75, 3.05) is 12.0 Å². The van der Waals surface area contributed by atoms with Gasteiger partial charge in [0, 0.05) is 29.9 Å². The fourth-order valence-corrected chi connectivity index (χ4v) is 6.15. The smallest absolute Gasteiger partial charge is 0.416 e. The predicted molar refractivity (Wildman–Crippen MR) is 175 cm³/mol. The summed E-state index contributed by atoms with van der Waals surface area (Å²) >= 11 is 0. The number of methoxy groups -OCH3 is 1. The second-order valence-electron chi connectivity index (χ2n) is 11.1. The average Bonchev–Trinajstić information content (AvgIpc) is 3.50. The van der Waals surface area contributed by atoms with Crippen LogP contribution in [0.2, 0.25) is 0 Å². The van der Waals surface area contributed by atoms with E-state index in [1.54, 1.807) is 31.2 Å². The summed E-state index contributed by atoms with van der Waals surface area (Å²) in [5.74, 6) is -0.770. The normalized spacial score (nSPS) is 14.2. The van der Waals surface area contributed by atoms with Gasteiger partial charge in [0.15, 0.2) is 18.9 Å². The second-order valence-corrected chi connectivity index (χ2v) is 12.5. The van der Waals surface area contributed by atoms with E-state index in [9.17, 15) is 41.0 Å². The molecule has 1 N–H and O–H groups in total. The lowest BCUT2D eigenvalue weighted by Gasteiger charge is -2.36. The molecule has 1 aliphatic heterocycles. The Morgan fingerprint density at radius 2 is 1.73 bits per heavy atom. The lowest BCUT2D eigenvalue weighted by atomic mass is 9.89. The number of ether oxygens (including phenoxy) is 1. The molecule has 5 aromatic rings. The average molecular weight is 719 g/mol. The highest BCUT2D eigenvalue weighted by Gasteiger charge is 2.41. The minimum absolute atomic E-state index is 0.00257. The van der Waals surface area contributed by atoms with E-state index in [0.29, 0.717) is 29.7 Å². The van der Waals surface area contributed by atoms with Crippen molar-refractivity contribution in [2.45, 2.75) is 37.0 Å². The van der Waals surface area contributed by atoms with Gasteiger partial charge < -0.3 is 9.29 Å². The van der Waals surface area contributed by atoms with Crippen LogP contribution < -0.4 is 15.2 Å². The van der Waals surface area contributed by atoms with Gasteiger partial charge in [0.05, 0.1) is 34.8 Å². The molecule has 51 heavy (non-hydrogen) atoms. The van der Waals surface area contributed by atoms with Crippen LogP contribution in [-0.4, -0.2) is 40.8 Å². The Kier molecular flexibility index (Phi) is 10.5. The van der Waals surface area contributed by atoms with Crippen LogP contribution >= 0.6 is 0 Å². The highest BCUT2D eigenvalue weighted by atomic mass is 32.2. The number of halogens is 3. The molecule has 2 aromatic heterocycles. The van der Waals surface area contributed by atoms with E-state index in [1.165, 1.54) is 53.0 Å². The molecule has 1 atom stereocenters. The SMILES string of the molecule is COC(=O)C1=C(C)N(c2cccc(C(F)(F)F)c2)c2n[nH]c(=O)n2[C@@H]1c1ccc(C#N)cc1CC[n+]1ccccc1.O=S(=O)([O-])c1ccccc1. The summed E-state index contributed by atoms with van der Waals surface area (Å²) in [7, 11) is -3.06. The minimum Gasteiger partial charge on any atom is -0.744 e. The molecule has 1 aliphatic rings. The molecule has 3 heterocycles. The van der Waals surface area contributed by atoms with E-state index in [2.05, 4.69) is 16.3 Å². The first-order chi connectivity index (χ1) is 24.2. The predicted octanol–water partition coefficient (Wildman–Crippen LogP) is 4.77. The van der Waals surface area contributed by atoms with Gasteiger partial charge in [-0.15, -0.1) is 5.10 Å². The van der Waals surface area contributed by atoms with Gasteiger partial charge in [-0.05, 0) is 60.5 Å². The Hall–Kier alpha value is -6.05. The number of carbonyl (C=O) groups excluding carboxylic acids is 1. The molecule has 262 valence electrons. The van der Waals surface area contributed by atoms with E-state index in [0.717, 1.165) is 12.1 Å². The number of hydrogen-bond acceptors (Lipinski definition) is 9. The van der Waals surface area contributed by atoms with Gasteiger partial charge in [-0.2, -0.15) is 18.4 Å². The molecule has 0 radical (unpaired) electrons. The number of aryl methyl sites for hydroxylation is 2. The van der Waals surface area contributed by atoms with Crippen LogP contribution in [0.1, 0.15) is 35.2 Å². The van der Waals surface area contributed by atoms with E-state index >= 15 is 0 Å². The van der Waals surface area contributed by atoms with Crippen LogP contribution in [0.25, 0.3) is 0 Å². The molecule has 0 spiro atoms. The van der Waals surface area contributed by atoms with Gasteiger partial charge in [-0.1, -0.05) is 36.4 Å². The summed E-state index contributed by atoms with van der Waals surface area (Å²) in [6, 6.07) is 23.4. The van der Waals surface area contributed by atoms with Gasteiger partial charge in [-0.25, -0.2) is 32.2 Å². The van der Waals surface area contributed by atoms with Crippen molar-refractivity contribution in [1.82, 2.24) is 14.8 Å². The van der Waals surface area contributed by atoms with Gasteiger partial charge in [0.1, 0.15) is 16.2 Å². The Bertz CT molecular complexity index is 2300. The third-order valence-electron chi connectivity index (χ3n) is 7.99. The summed E-state index contributed by atoms with van der Waals surface area (Å²) in [5, 5.41) is 16.1. The number of H-pyrrole nitrogens is 1. The molecule has 0 saturated carbocycles. The fraction of sp³-hybridized carbons (Fsp3) is 0.171. The van der Waals surface area contributed by atoms with Crippen molar-refractivity contribution < 1.29 is 40.2 Å². The lowest BCUT2D eigenvalue weighted by molar-refractivity contribution is -0.696. The van der Waals surface area contributed by atoms with Gasteiger partial charge in [0.2, 0.25) is 5.95 Å². The van der Waals surface area contributed by atoms with Crippen molar-refractivity contribution in [3.8, 4) is 6.07 Å². The monoisotopic (exact) mass is 718 g/mol. The number of pyridine rings is 1. The third kappa shape index (κ3) is 7.90. The van der Waals surface area contributed by atoms with E-state index in [-0.39, 0.29) is 27.8 Å². The topological polar surface area (TPSA) is 165 Å². The molecule has 0 fully saturated rings. The van der Waals surface area contributed by atoms with E-state index in [1.807, 2.05) is 35.2 Å². The molecular formula is C35H29F3N6O6S. The summed E-state index contributed by atoms with van der Waals surface area (Å²) < 4.78 is 79.8. The molecule has 0 bridgehead atoms. The molecule has 16 heteroatoms. The Morgan fingerprint density at radius 3 is 2.33 bits per heavy atom. The van der Waals surface area contributed by atoms with Crippen molar-refractivity contribution in [3.63, 3.8) is 0 Å². The van der Waals surface area contributed by atoms with Crippen LogP contribution in [-0.2, 0) is 38.8 Å². The third-order valence-corrected chi connectivity index (χ3v) is 8.84. The van der Waals surface area contributed by atoms with Crippen molar-refractivity contribution in [1.29, 1.82) is 5.26 Å². The number of hydrogen-bond donors (Lipinski definition) is 1. The summed E-state index contributed by atoms with van der Waals surface area (Å²) in [6.07, 6.45) is -0.382. The quantitative estimate of drug-likeness (QED) is 0.142. The maximum absolute atomic E-state index is 13.6. The molecule has 0 saturated heterocycles. The number of aromatic amines is 1. The number of benzene rings is 3. The first-order valence-electron chi connectivity index (χ1n) is 15.2. The lowest BCUT2D eigenvalue weighted by Crippen LogP contribution is -2.38. The van der Waals surface area contributed by atoms with Crippen LogP contribution in [0.3, 0.4) is 0 Å². The highest BCUT2D eigenvalue weighted by Crippen LogP contribution is 2.43. The van der Waals surface area contributed by atoms with Crippen LogP contribution in [0, 0.1) is 11.3 Å². The number of anilines is 2. The number of esters is 1. The maximum Gasteiger partial charge on any atom is 0.416 e. The fourth-order valence-electron chi connectivity index (χ4n) is 5.66. The summed E-state index contributed by atoms with van der Waals surface area (Å²) in [6.45, 7) is 2.10. The van der Waals surface area contributed by atoms with Gasteiger partial charge in [-0.3, -0.25) is 4.90 Å².